The number of hydrogen-bond donors (Lipinski definition) is 3. The van der Waals surface area contributed by atoms with Gasteiger partial charge in [-0.2, -0.15) is 0 Å². The molecule has 148 valence electrons. The fourth-order valence-electron chi connectivity index (χ4n) is 2.97. The van der Waals surface area contributed by atoms with Crippen molar-refractivity contribution in [2.75, 3.05) is 5.32 Å². The third-order valence-electron chi connectivity index (χ3n) is 4.11. The van der Waals surface area contributed by atoms with E-state index in [1.54, 1.807) is 32.1 Å². The van der Waals surface area contributed by atoms with Crippen molar-refractivity contribution in [3.05, 3.63) is 45.5 Å². The van der Waals surface area contributed by atoms with Gasteiger partial charge >= 0.3 is 6.09 Å². The molecule has 0 bridgehead atoms. The minimum Gasteiger partial charge on any atom is -0.465 e. The molecule has 0 aliphatic heterocycles. The van der Waals surface area contributed by atoms with Crippen LogP contribution >= 0.6 is 11.3 Å². The summed E-state index contributed by atoms with van der Waals surface area (Å²) in [4.78, 5) is 16.8. The molecule has 3 aromatic rings. The van der Waals surface area contributed by atoms with Crippen molar-refractivity contribution in [2.24, 2.45) is 0 Å². The Bertz CT molecular complexity index is 1140. The van der Waals surface area contributed by atoms with E-state index in [4.69, 9.17) is 9.52 Å². The Morgan fingerprint density at radius 1 is 1.34 bits per heavy atom. The number of nitrogens with zero attached hydrogens (tertiary/aromatic N) is 1. The monoisotopic (exact) mass is 407 g/mol. The Hall–Kier alpha value is -3.42. The number of amides is 1. The molecular weight excluding hydrogens is 386 g/mol. The van der Waals surface area contributed by atoms with Gasteiger partial charge in [0.15, 0.2) is 5.58 Å². The molecule has 0 aliphatic rings. The number of anilines is 1. The number of nitrogens with one attached hydrogen (secondary N) is 2. The predicted molar refractivity (Wildman–Crippen MR) is 115 cm³/mol. The van der Waals surface area contributed by atoms with Crippen molar-refractivity contribution in [3.8, 4) is 23.7 Å². The Balaban J connectivity index is 2.07. The molecule has 0 radical (unpaired) electrons. The second-order valence-corrected chi connectivity index (χ2v) is 7.40. The Morgan fingerprint density at radius 2 is 2.14 bits per heavy atom. The standard InChI is InChI=1S/C22H21N3O3S/c1-4-7-15-12-18(23-13-16-9-6-10-29-16)21-20(25-15)17(8-5-2)19(28-21)11-14(3)24-22(26)27/h6,9-10,12,14,24H,11,13H2,1-3H3,(H,23,25)(H,26,27)/t14-/m0/s1. The molecule has 3 heterocycles. The number of thiophene rings is 1. The van der Waals surface area contributed by atoms with Crippen molar-refractivity contribution < 1.29 is 14.3 Å². The van der Waals surface area contributed by atoms with Crippen LogP contribution in [0.15, 0.2) is 28.0 Å². The highest BCUT2D eigenvalue weighted by Crippen LogP contribution is 2.32. The Morgan fingerprint density at radius 3 is 2.79 bits per heavy atom. The van der Waals surface area contributed by atoms with Gasteiger partial charge in [0.25, 0.3) is 0 Å². The highest BCUT2D eigenvalue weighted by molar-refractivity contribution is 7.09. The molecule has 3 N–H and O–H groups in total. The predicted octanol–water partition coefficient (Wildman–Crippen LogP) is 4.44. The Kier molecular flexibility index (Phi) is 6.43. The maximum absolute atomic E-state index is 10.9. The second-order valence-electron chi connectivity index (χ2n) is 6.37. The largest absolute Gasteiger partial charge is 0.465 e. The summed E-state index contributed by atoms with van der Waals surface area (Å²) in [6.45, 7) is 5.93. The van der Waals surface area contributed by atoms with Crippen LogP contribution in [0, 0.1) is 23.7 Å². The van der Waals surface area contributed by atoms with Gasteiger partial charge in [0.1, 0.15) is 17.0 Å². The quantitative estimate of drug-likeness (QED) is 0.526. The first-order chi connectivity index (χ1) is 14.0. The van der Waals surface area contributed by atoms with Crippen LogP contribution in [0.5, 0.6) is 0 Å². The zero-order chi connectivity index (χ0) is 20.8. The number of rotatable bonds is 6. The van der Waals surface area contributed by atoms with Gasteiger partial charge in [0, 0.05) is 23.9 Å². The lowest BCUT2D eigenvalue weighted by atomic mass is 10.1. The minimum absolute atomic E-state index is 0.331. The molecule has 0 saturated carbocycles. The first-order valence-corrected chi connectivity index (χ1v) is 9.97. The SMILES string of the molecule is CC#Cc1cc(NCc2cccs2)c2oc(C[C@H](C)NC(=O)O)c(C#CC)c2n1. The number of pyridine rings is 1. The number of fused-ring (bicyclic) bond motifs is 1. The van der Waals surface area contributed by atoms with Crippen LogP contribution in [0.1, 0.15) is 42.7 Å². The molecule has 7 heteroatoms. The summed E-state index contributed by atoms with van der Waals surface area (Å²) >= 11 is 1.67. The Labute approximate surface area is 173 Å². The van der Waals surface area contributed by atoms with Crippen molar-refractivity contribution in [2.45, 2.75) is 39.8 Å². The third-order valence-corrected chi connectivity index (χ3v) is 4.99. The molecule has 3 aromatic heterocycles. The number of carboxylic acid groups (broad SMARTS) is 1. The second kappa shape index (κ2) is 9.18. The van der Waals surface area contributed by atoms with Crippen molar-refractivity contribution in [1.82, 2.24) is 10.3 Å². The molecule has 0 spiro atoms. The number of carbonyl (C=O) groups is 1. The van der Waals surface area contributed by atoms with Crippen LogP contribution in [-0.2, 0) is 13.0 Å². The summed E-state index contributed by atoms with van der Waals surface area (Å²) in [5.41, 5.74) is 3.30. The average molecular weight is 407 g/mol. The van der Waals surface area contributed by atoms with Gasteiger partial charge < -0.3 is 20.2 Å². The first kappa shape index (κ1) is 20.3. The molecule has 0 unspecified atom stereocenters. The fourth-order valence-corrected chi connectivity index (χ4v) is 3.61. The number of aromatic nitrogens is 1. The van der Waals surface area contributed by atoms with Gasteiger partial charge in [-0.3, -0.25) is 0 Å². The molecule has 0 aliphatic carbocycles. The third kappa shape index (κ3) is 4.90. The molecule has 0 aromatic carbocycles. The van der Waals surface area contributed by atoms with Gasteiger partial charge in [0.2, 0.25) is 0 Å². The highest BCUT2D eigenvalue weighted by Gasteiger charge is 2.20. The van der Waals surface area contributed by atoms with Gasteiger partial charge in [-0.05, 0) is 44.2 Å². The van der Waals surface area contributed by atoms with E-state index in [0.717, 1.165) is 5.69 Å². The summed E-state index contributed by atoms with van der Waals surface area (Å²) in [7, 11) is 0. The van der Waals surface area contributed by atoms with Gasteiger partial charge in [-0.25, -0.2) is 9.78 Å². The van der Waals surface area contributed by atoms with Crippen LogP contribution in [0.3, 0.4) is 0 Å². The summed E-state index contributed by atoms with van der Waals surface area (Å²) < 4.78 is 6.13. The normalized spacial score (nSPS) is 11.1. The molecule has 0 fully saturated rings. The maximum Gasteiger partial charge on any atom is 0.404 e. The van der Waals surface area contributed by atoms with Crippen LogP contribution in [0.4, 0.5) is 10.5 Å². The van der Waals surface area contributed by atoms with E-state index in [-0.39, 0.29) is 6.04 Å². The van der Waals surface area contributed by atoms with E-state index in [0.29, 0.717) is 41.1 Å². The summed E-state index contributed by atoms with van der Waals surface area (Å²) in [5, 5.41) is 16.9. The van der Waals surface area contributed by atoms with Crippen LogP contribution in [-0.4, -0.2) is 22.2 Å². The summed E-state index contributed by atoms with van der Waals surface area (Å²) in [6, 6.07) is 5.60. The van der Waals surface area contributed by atoms with Crippen LogP contribution < -0.4 is 10.6 Å². The zero-order valence-corrected chi connectivity index (χ0v) is 17.2. The smallest absolute Gasteiger partial charge is 0.404 e. The van der Waals surface area contributed by atoms with E-state index in [1.807, 2.05) is 17.5 Å². The van der Waals surface area contributed by atoms with Gasteiger partial charge in [0.05, 0.1) is 11.3 Å². The highest BCUT2D eigenvalue weighted by atomic mass is 32.1. The molecule has 0 saturated heterocycles. The zero-order valence-electron chi connectivity index (χ0n) is 16.4. The summed E-state index contributed by atoms with van der Waals surface area (Å²) in [5.74, 6) is 12.4. The van der Waals surface area contributed by atoms with Crippen molar-refractivity contribution in [1.29, 1.82) is 0 Å². The molecule has 6 nitrogen and oxygen atoms in total. The fraction of sp³-hybridized carbons (Fsp3) is 0.273. The average Bonchev–Trinajstić information content (AvgIpc) is 3.29. The molecular formula is C22H21N3O3S. The maximum atomic E-state index is 10.9. The number of furan rings is 1. The van der Waals surface area contributed by atoms with Crippen LogP contribution in [0.2, 0.25) is 0 Å². The first-order valence-electron chi connectivity index (χ1n) is 9.09. The van der Waals surface area contributed by atoms with E-state index in [9.17, 15) is 4.79 Å². The van der Waals surface area contributed by atoms with E-state index < -0.39 is 6.09 Å². The van der Waals surface area contributed by atoms with Crippen LogP contribution in [0.25, 0.3) is 11.1 Å². The summed E-state index contributed by atoms with van der Waals surface area (Å²) in [6.07, 6.45) is -0.708. The lowest BCUT2D eigenvalue weighted by molar-refractivity contribution is 0.190. The molecule has 1 atom stereocenters. The van der Waals surface area contributed by atoms with E-state index in [1.165, 1.54) is 4.88 Å². The molecule has 29 heavy (non-hydrogen) atoms. The van der Waals surface area contributed by atoms with E-state index >= 15 is 0 Å². The number of hydrogen-bond acceptors (Lipinski definition) is 5. The molecule has 1 amide bonds. The lowest BCUT2D eigenvalue weighted by Gasteiger charge is -2.09. The van der Waals surface area contributed by atoms with Gasteiger partial charge in [-0.15, -0.1) is 17.3 Å². The van der Waals surface area contributed by atoms with Gasteiger partial charge in [-0.1, -0.05) is 17.9 Å². The minimum atomic E-state index is -1.08. The van der Waals surface area contributed by atoms with Crippen molar-refractivity contribution in [3.63, 3.8) is 0 Å². The topological polar surface area (TPSA) is 87.4 Å². The van der Waals surface area contributed by atoms with E-state index in [2.05, 4.69) is 45.4 Å². The lowest BCUT2D eigenvalue weighted by Crippen LogP contribution is -2.32. The van der Waals surface area contributed by atoms with Crippen molar-refractivity contribution >= 4 is 34.2 Å². The molecule has 3 rings (SSSR count).